The first-order valence-electron chi connectivity index (χ1n) is 5.67. The molecule has 1 fully saturated rings. The van der Waals surface area contributed by atoms with Gasteiger partial charge in [0.2, 0.25) is 5.91 Å². The van der Waals surface area contributed by atoms with E-state index in [-0.39, 0.29) is 11.9 Å². The van der Waals surface area contributed by atoms with E-state index in [1.165, 1.54) is 0 Å². The van der Waals surface area contributed by atoms with Gasteiger partial charge in [-0.3, -0.25) is 4.79 Å². The third-order valence-corrected chi connectivity index (χ3v) is 3.10. The lowest BCUT2D eigenvalue weighted by Crippen LogP contribution is -2.58. The predicted octanol–water partition coefficient (Wildman–Crippen LogP) is 0.864. The third kappa shape index (κ3) is 2.70. The molecule has 0 spiro atoms. The minimum absolute atomic E-state index is 0.0607. The molecule has 1 atom stereocenters. The van der Waals surface area contributed by atoms with Gasteiger partial charge in [-0.2, -0.15) is 0 Å². The van der Waals surface area contributed by atoms with Gasteiger partial charge in [-0.05, 0) is 25.2 Å². The van der Waals surface area contributed by atoms with Gasteiger partial charge in [-0.15, -0.1) is 0 Å². The summed E-state index contributed by atoms with van der Waals surface area (Å²) < 4.78 is 0. The fourth-order valence-electron chi connectivity index (χ4n) is 2.07. The van der Waals surface area contributed by atoms with E-state index in [2.05, 4.69) is 15.5 Å². The topological polar surface area (TPSA) is 44.4 Å². The minimum atomic E-state index is -0.174. The van der Waals surface area contributed by atoms with E-state index in [0.29, 0.717) is 18.1 Å². The zero-order valence-electron chi connectivity index (χ0n) is 9.74. The van der Waals surface area contributed by atoms with Gasteiger partial charge >= 0.3 is 0 Å². The van der Waals surface area contributed by atoms with Crippen LogP contribution in [0.2, 0.25) is 5.02 Å². The normalized spacial score (nSPS) is 20.2. The second-order valence-electron chi connectivity index (χ2n) is 4.04. The lowest BCUT2D eigenvalue weighted by Gasteiger charge is -2.36. The molecule has 1 aliphatic rings. The lowest BCUT2D eigenvalue weighted by atomic mass is 10.1. The summed E-state index contributed by atoms with van der Waals surface area (Å²) >= 11 is 5.98. The highest BCUT2D eigenvalue weighted by atomic mass is 35.5. The molecule has 1 saturated heterocycles. The smallest absolute Gasteiger partial charge is 0.244 e. The number of hydrogen-bond donors (Lipinski definition) is 2. The van der Waals surface area contributed by atoms with Crippen LogP contribution in [0.15, 0.2) is 24.3 Å². The van der Waals surface area contributed by atoms with Crippen molar-refractivity contribution in [3.05, 3.63) is 29.3 Å². The maximum atomic E-state index is 11.8. The molecule has 2 rings (SSSR count). The van der Waals surface area contributed by atoms with E-state index in [1.807, 2.05) is 31.3 Å². The van der Waals surface area contributed by atoms with Gasteiger partial charge in [0.15, 0.2) is 0 Å². The molecule has 1 unspecified atom stereocenters. The molecule has 0 bridgehead atoms. The van der Waals surface area contributed by atoms with Crippen LogP contribution < -0.4 is 15.5 Å². The average molecular weight is 254 g/mol. The largest absolute Gasteiger partial charge is 0.357 e. The number of nitrogens with zero attached hydrogens (tertiary/aromatic N) is 1. The number of rotatable bonds is 3. The molecule has 0 saturated carbocycles. The first-order chi connectivity index (χ1) is 8.22. The van der Waals surface area contributed by atoms with Gasteiger partial charge < -0.3 is 15.5 Å². The maximum Gasteiger partial charge on any atom is 0.244 e. The predicted molar refractivity (Wildman–Crippen MR) is 69.5 cm³/mol. The Labute approximate surface area is 106 Å². The second kappa shape index (κ2) is 5.38. The van der Waals surface area contributed by atoms with Gasteiger partial charge in [0.1, 0.15) is 6.04 Å². The number of carbonyl (C=O) groups excluding carboxylic acids is 1. The Balaban J connectivity index is 2.24. The molecule has 1 heterocycles. The Kier molecular flexibility index (Phi) is 3.86. The van der Waals surface area contributed by atoms with E-state index in [9.17, 15) is 4.79 Å². The van der Waals surface area contributed by atoms with Crippen molar-refractivity contribution in [1.82, 2.24) is 10.6 Å². The third-order valence-electron chi connectivity index (χ3n) is 2.87. The van der Waals surface area contributed by atoms with Crippen LogP contribution in [0.5, 0.6) is 0 Å². The molecule has 4 nitrogen and oxygen atoms in total. The molecule has 0 aliphatic carbocycles. The summed E-state index contributed by atoms with van der Waals surface area (Å²) in [5, 5.41) is 6.62. The van der Waals surface area contributed by atoms with Crippen LogP contribution in [0.25, 0.3) is 0 Å². The van der Waals surface area contributed by atoms with Crippen LogP contribution in [-0.4, -0.2) is 38.6 Å². The van der Waals surface area contributed by atoms with E-state index < -0.39 is 0 Å². The number of carbonyl (C=O) groups is 1. The zero-order valence-corrected chi connectivity index (χ0v) is 10.5. The maximum absolute atomic E-state index is 11.8. The van der Waals surface area contributed by atoms with Crippen molar-refractivity contribution < 1.29 is 4.79 Å². The highest BCUT2D eigenvalue weighted by Gasteiger charge is 2.29. The summed E-state index contributed by atoms with van der Waals surface area (Å²) in [7, 11) is 1.85. The Bertz CT molecular complexity index is 410. The Morgan fingerprint density at radius 3 is 3.12 bits per heavy atom. The first-order valence-corrected chi connectivity index (χ1v) is 6.04. The number of hydrogen-bond acceptors (Lipinski definition) is 3. The molecular weight excluding hydrogens is 238 g/mol. The summed E-state index contributed by atoms with van der Waals surface area (Å²) in [6, 6.07) is 7.44. The fraction of sp³-hybridized carbons (Fsp3) is 0.417. The van der Waals surface area contributed by atoms with Gasteiger partial charge in [0, 0.05) is 30.3 Å². The SMILES string of the molecule is CNCC1C(=O)NCCN1c1cccc(Cl)c1. The number of likely N-dealkylation sites (N-methyl/N-ethyl adjacent to an activating group) is 1. The number of anilines is 1. The zero-order chi connectivity index (χ0) is 12.3. The molecule has 92 valence electrons. The van der Waals surface area contributed by atoms with E-state index >= 15 is 0 Å². The molecule has 1 aromatic carbocycles. The molecular formula is C12H16ClN3O. The van der Waals surface area contributed by atoms with Crippen molar-refractivity contribution in [3.8, 4) is 0 Å². The molecule has 1 amide bonds. The number of benzene rings is 1. The van der Waals surface area contributed by atoms with Gasteiger partial charge in [0.25, 0.3) is 0 Å². The summed E-state index contributed by atoms with van der Waals surface area (Å²) in [5.74, 6) is 0.0607. The summed E-state index contributed by atoms with van der Waals surface area (Å²) in [6.07, 6.45) is 0. The Hall–Kier alpha value is -1.26. The van der Waals surface area contributed by atoms with Crippen LogP contribution in [-0.2, 0) is 4.79 Å². The van der Waals surface area contributed by atoms with Crippen LogP contribution in [0, 0.1) is 0 Å². The molecule has 17 heavy (non-hydrogen) atoms. The van der Waals surface area contributed by atoms with Crippen LogP contribution in [0.3, 0.4) is 0 Å². The summed E-state index contributed by atoms with van der Waals surface area (Å²) in [6.45, 7) is 2.10. The quantitative estimate of drug-likeness (QED) is 0.840. The lowest BCUT2D eigenvalue weighted by molar-refractivity contribution is -0.123. The van der Waals surface area contributed by atoms with Gasteiger partial charge in [-0.25, -0.2) is 0 Å². The van der Waals surface area contributed by atoms with Crippen molar-refractivity contribution in [3.63, 3.8) is 0 Å². The molecule has 0 radical (unpaired) electrons. The molecule has 2 N–H and O–H groups in total. The standard InChI is InChI=1S/C12H16ClN3O/c1-14-8-11-12(17)15-5-6-16(11)10-4-2-3-9(13)7-10/h2-4,7,11,14H,5-6,8H2,1H3,(H,15,17). The monoisotopic (exact) mass is 253 g/mol. The van der Waals surface area contributed by atoms with E-state index in [1.54, 1.807) is 0 Å². The molecule has 5 heteroatoms. The highest BCUT2D eigenvalue weighted by molar-refractivity contribution is 6.30. The van der Waals surface area contributed by atoms with Crippen LogP contribution in [0.4, 0.5) is 5.69 Å². The van der Waals surface area contributed by atoms with Crippen LogP contribution >= 0.6 is 11.6 Å². The van der Waals surface area contributed by atoms with Crippen molar-refractivity contribution in [2.75, 3.05) is 31.6 Å². The van der Waals surface area contributed by atoms with Crippen LogP contribution in [0.1, 0.15) is 0 Å². The van der Waals surface area contributed by atoms with Gasteiger partial charge in [0.05, 0.1) is 0 Å². The molecule has 1 aromatic rings. The van der Waals surface area contributed by atoms with Crippen molar-refractivity contribution in [1.29, 1.82) is 0 Å². The number of piperazine rings is 1. The first kappa shape index (κ1) is 12.2. The average Bonchev–Trinajstić information content (AvgIpc) is 2.32. The molecule has 0 aromatic heterocycles. The van der Waals surface area contributed by atoms with Crippen molar-refractivity contribution in [2.24, 2.45) is 0 Å². The Morgan fingerprint density at radius 2 is 2.41 bits per heavy atom. The van der Waals surface area contributed by atoms with Crippen molar-refractivity contribution in [2.45, 2.75) is 6.04 Å². The second-order valence-corrected chi connectivity index (χ2v) is 4.47. The fourth-order valence-corrected chi connectivity index (χ4v) is 2.26. The highest BCUT2D eigenvalue weighted by Crippen LogP contribution is 2.22. The number of halogens is 1. The summed E-state index contributed by atoms with van der Waals surface area (Å²) in [4.78, 5) is 13.9. The van der Waals surface area contributed by atoms with E-state index in [4.69, 9.17) is 11.6 Å². The van der Waals surface area contributed by atoms with Gasteiger partial charge in [-0.1, -0.05) is 17.7 Å². The number of amides is 1. The number of nitrogens with one attached hydrogen (secondary N) is 2. The van der Waals surface area contributed by atoms with Crippen molar-refractivity contribution >= 4 is 23.2 Å². The molecule has 1 aliphatic heterocycles. The Morgan fingerprint density at radius 1 is 1.59 bits per heavy atom. The summed E-state index contributed by atoms with van der Waals surface area (Å²) in [5.41, 5.74) is 0.993. The minimum Gasteiger partial charge on any atom is -0.357 e. The van der Waals surface area contributed by atoms with E-state index in [0.717, 1.165) is 12.2 Å².